The molecule has 0 spiro atoms. The van der Waals surface area contributed by atoms with Crippen molar-refractivity contribution in [2.24, 2.45) is 0 Å². The van der Waals surface area contributed by atoms with Crippen LogP contribution in [0.15, 0.2) is 36.7 Å². The topological polar surface area (TPSA) is 64.3 Å². The Balaban J connectivity index is 1.87. The Morgan fingerprint density at radius 3 is 2.68 bits per heavy atom. The molecule has 2 aromatic heterocycles. The first kappa shape index (κ1) is 11.5. The summed E-state index contributed by atoms with van der Waals surface area (Å²) in [6.07, 6.45) is 1.70. The maximum Gasteiger partial charge on any atom is 0.165 e. The van der Waals surface area contributed by atoms with E-state index in [4.69, 9.17) is 4.74 Å². The smallest absolute Gasteiger partial charge is 0.165 e. The van der Waals surface area contributed by atoms with Gasteiger partial charge < -0.3 is 10.1 Å². The maximum absolute atomic E-state index is 5.11. The van der Waals surface area contributed by atoms with E-state index in [9.17, 15) is 0 Å². The minimum Gasteiger partial charge on any atom is -0.497 e. The van der Waals surface area contributed by atoms with E-state index in [-0.39, 0.29) is 0 Å². The molecule has 0 aliphatic carbocycles. The second-order valence-electron chi connectivity index (χ2n) is 4.10. The van der Waals surface area contributed by atoms with Crippen LogP contribution in [0.5, 0.6) is 5.75 Å². The van der Waals surface area contributed by atoms with Crippen molar-refractivity contribution in [1.82, 2.24) is 19.6 Å². The molecule has 0 unspecified atom stereocenters. The Kier molecular flexibility index (Phi) is 2.75. The number of hydrogen-bond acceptors (Lipinski definition) is 5. The number of methoxy groups -OCH3 is 1. The second kappa shape index (κ2) is 4.56. The summed E-state index contributed by atoms with van der Waals surface area (Å²) in [5.74, 6) is 2.37. The summed E-state index contributed by atoms with van der Waals surface area (Å²) < 4.78 is 6.95. The lowest BCUT2D eigenvalue weighted by Crippen LogP contribution is -1.97. The third kappa shape index (κ3) is 2.20. The molecule has 3 aromatic rings. The zero-order valence-corrected chi connectivity index (χ0v) is 10.7. The van der Waals surface area contributed by atoms with Gasteiger partial charge in [0.15, 0.2) is 5.65 Å². The number of benzene rings is 1. The zero-order chi connectivity index (χ0) is 13.2. The maximum atomic E-state index is 5.11. The number of aryl methyl sites for hydroxylation is 1. The summed E-state index contributed by atoms with van der Waals surface area (Å²) >= 11 is 0. The first-order valence-corrected chi connectivity index (χ1v) is 5.85. The van der Waals surface area contributed by atoms with E-state index >= 15 is 0 Å². The molecule has 1 N–H and O–H groups in total. The Hall–Kier alpha value is -2.63. The molecule has 19 heavy (non-hydrogen) atoms. The first-order chi connectivity index (χ1) is 9.26. The van der Waals surface area contributed by atoms with Gasteiger partial charge in [-0.3, -0.25) is 4.40 Å². The predicted octanol–water partition coefficient (Wildman–Crippen LogP) is 2.18. The van der Waals surface area contributed by atoms with Gasteiger partial charge in [0, 0.05) is 11.8 Å². The van der Waals surface area contributed by atoms with Crippen molar-refractivity contribution in [2.75, 3.05) is 12.4 Å². The van der Waals surface area contributed by atoms with E-state index < -0.39 is 0 Å². The van der Waals surface area contributed by atoms with Gasteiger partial charge in [-0.1, -0.05) is 0 Å². The Bertz CT molecular complexity index is 705. The standard InChI is InChI=1S/C13H13N5O/c1-9-16-17-13-7-12(14-8-18(9)13)15-10-3-5-11(19-2)6-4-10/h3-8,15H,1-2H3. The fourth-order valence-electron chi connectivity index (χ4n) is 1.80. The van der Waals surface area contributed by atoms with E-state index in [1.165, 1.54) is 0 Å². The van der Waals surface area contributed by atoms with Crippen LogP contribution in [0.1, 0.15) is 5.82 Å². The minimum absolute atomic E-state index is 0.727. The molecular formula is C13H13N5O. The highest BCUT2D eigenvalue weighted by Gasteiger charge is 2.03. The largest absolute Gasteiger partial charge is 0.497 e. The minimum atomic E-state index is 0.727. The van der Waals surface area contributed by atoms with Gasteiger partial charge in [-0.25, -0.2) is 4.98 Å². The van der Waals surface area contributed by atoms with Crippen LogP contribution < -0.4 is 10.1 Å². The number of aromatic nitrogens is 4. The molecule has 0 atom stereocenters. The Morgan fingerprint density at radius 2 is 1.95 bits per heavy atom. The van der Waals surface area contributed by atoms with Crippen LogP contribution in [0.3, 0.4) is 0 Å². The van der Waals surface area contributed by atoms with Crippen LogP contribution in [-0.2, 0) is 0 Å². The van der Waals surface area contributed by atoms with Crippen LogP contribution in [0, 0.1) is 6.92 Å². The fraction of sp³-hybridized carbons (Fsp3) is 0.154. The van der Waals surface area contributed by atoms with Gasteiger partial charge in [-0.15, -0.1) is 10.2 Å². The molecule has 0 aliphatic rings. The molecule has 2 heterocycles. The molecule has 0 fully saturated rings. The number of rotatable bonds is 3. The Morgan fingerprint density at radius 1 is 1.16 bits per heavy atom. The van der Waals surface area contributed by atoms with Crippen molar-refractivity contribution in [3.63, 3.8) is 0 Å². The number of nitrogens with one attached hydrogen (secondary N) is 1. The van der Waals surface area contributed by atoms with Gasteiger partial charge in [0.2, 0.25) is 0 Å². The van der Waals surface area contributed by atoms with Gasteiger partial charge in [0.05, 0.1) is 7.11 Å². The van der Waals surface area contributed by atoms with Gasteiger partial charge >= 0.3 is 0 Å². The van der Waals surface area contributed by atoms with Crippen LogP contribution in [0.25, 0.3) is 5.65 Å². The molecule has 3 rings (SSSR count). The van der Waals surface area contributed by atoms with Gasteiger partial charge in [-0.05, 0) is 31.2 Å². The average Bonchev–Trinajstić information content (AvgIpc) is 2.81. The van der Waals surface area contributed by atoms with E-state index in [0.717, 1.165) is 28.7 Å². The van der Waals surface area contributed by atoms with Crippen molar-refractivity contribution in [1.29, 1.82) is 0 Å². The van der Waals surface area contributed by atoms with Gasteiger partial charge in [0.1, 0.15) is 23.7 Å². The number of ether oxygens (including phenoxy) is 1. The highest BCUT2D eigenvalue weighted by molar-refractivity contribution is 5.60. The molecular weight excluding hydrogens is 242 g/mol. The van der Waals surface area contributed by atoms with E-state index in [1.54, 1.807) is 13.4 Å². The molecule has 6 heteroatoms. The number of fused-ring (bicyclic) bond motifs is 1. The summed E-state index contributed by atoms with van der Waals surface area (Å²) in [4.78, 5) is 4.32. The first-order valence-electron chi connectivity index (χ1n) is 5.85. The Labute approximate surface area is 110 Å². The average molecular weight is 255 g/mol. The summed E-state index contributed by atoms with van der Waals surface area (Å²) in [6, 6.07) is 9.49. The highest BCUT2D eigenvalue weighted by Crippen LogP contribution is 2.19. The molecule has 96 valence electrons. The van der Waals surface area contributed by atoms with Gasteiger partial charge in [0.25, 0.3) is 0 Å². The predicted molar refractivity (Wildman–Crippen MR) is 71.8 cm³/mol. The second-order valence-corrected chi connectivity index (χ2v) is 4.10. The van der Waals surface area contributed by atoms with Gasteiger partial charge in [-0.2, -0.15) is 0 Å². The molecule has 0 radical (unpaired) electrons. The fourth-order valence-corrected chi connectivity index (χ4v) is 1.80. The molecule has 0 bridgehead atoms. The SMILES string of the molecule is COc1ccc(Nc2cc3nnc(C)n3cn2)cc1. The lowest BCUT2D eigenvalue weighted by molar-refractivity contribution is 0.415. The molecule has 0 aliphatic heterocycles. The summed E-state index contributed by atoms with van der Waals surface area (Å²) in [5.41, 5.74) is 1.71. The van der Waals surface area contributed by atoms with Crippen molar-refractivity contribution < 1.29 is 4.74 Å². The van der Waals surface area contributed by atoms with Crippen molar-refractivity contribution in [3.8, 4) is 5.75 Å². The zero-order valence-electron chi connectivity index (χ0n) is 10.7. The molecule has 1 aromatic carbocycles. The van der Waals surface area contributed by atoms with Crippen LogP contribution >= 0.6 is 0 Å². The monoisotopic (exact) mass is 255 g/mol. The highest BCUT2D eigenvalue weighted by atomic mass is 16.5. The van der Waals surface area contributed by atoms with E-state index in [1.807, 2.05) is 41.7 Å². The quantitative estimate of drug-likeness (QED) is 0.777. The van der Waals surface area contributed by atoms with Crippen molar-refractivity contribution in [3.05, 3.63) is 42.5 Å². The third-order valence-corrected chi connectivity index (χ3v) is 2.83. The lowest BCUT2D eigenvalue weighted by Gasteiger charge is -2.06. The molecule has 6 nitrogen and oxygen atoms in total. The lowest BCUT2D eigenvalue weighted by atomic mass is 10.3. The summed E-state index contributed by atoms with van der Waals surface area (Å²) in [5, 5.41) is 11.3. The third-order valence-electron chi connectivity index (χ3n) is 2.83. The van der Waals surface area contributed by atoms with Crippen LogP contribution in [0.4, 0.5) is 11.5 Å². The normalized spacial score (nSPS) is 10.6. The van der Waals surface area contributed by atoms with Crippen LogP contribution in [-0.4, -0.2) is 26.7 Å². The van der Waals surface area contributed by atoms with E-state index in [0.29, 0.717) is 0 Å². The number of nitrogens with zero attached hydrogens (tertiary/aromatic N) is 4. The summed E-state index contributed by atoms with van der Waals surface area (Å²) in [6.45, 7) is 1.89. The molecule has 0 saturated carbocycles. The van der Waals surface area contributed by atoms with E-state index in [2.05, 4.69) is 20.5 Å². The number of hydrogen-bond donors (Lipinski definition) is 1. The van der Waals surface area contributed by atoms with Crippen molar-refractivity contribution >= 4 is 17.2 Å². The number of anilines is 2. The van der Waals surface area contributed by atoms with Crippen molar-refractivity contribution in [2.45, 2.75) is 6.92 Å². The molecule has 0 saturated heterocycles. The molecule has 0 amide bonds. The summed E-state index contributed by atoms with van der Waals surface area (Å²) in [7, 11) is 1.64. The van der Waals surface area contributed by atoms with Crippen LogP contribution in [0.2, 0.25) is 0 Å².